The normalized spacial score (nSPS) is 11.2. The third-order valence-electron chi connectivity index (χ3n) is 2.15. The van der Waals surface area contributed by atoms with E-state index in [0.717, 1.165) is 6.42 Å². The van der Waals surface area contributed by atoms with Crippen LogP contribution in [0.3, 0.4) is 0 Å². The molecule has 0 spiro atoms. The lowest BCUT2D eigenvalue weighted by atomic mass is 9.96. The number of ether oxygens (including phenoxy) is 1. The minimum absolute atomic E-state index is 0.320. The van der Waals surface area contributed by atoms with Gasteiger partial charge in [0.05, 0.1) is 12.2 Å². The summed E-state index contributed by atoms with van der Waals surface area (Å²) in [7, 11) is 0. The van der Waals surface area contributed by atoms with Crippen LogP contribution < -0.4 is 4.74 Å². The molecule has 16 heavy (non-hydrogen) atoms. The second kappa shape index (κ2) is 5.12. The topological polar surface area (TPSA) is 46.5 Å². The van der Waals surface area contributed by atoms with Crippen molar-refractivity contribution in [2.24, 2.45) is 0 Å². The first-order valence-electron chi connectivity index (χ1n) is 5.45. The second-order valence-electron chi connectivity index (χ2n) is 4.23. The molecule has 0 heterocycles. The highest BCUT2D eigenvalue weighted by atomic mass is 16.5. The molecule has 0 saturated carbocycles. The monoisotopic (exact) mass is 222 g/mol. The van der Waals surface area contributed by atoms with Crippen molar-refractivity contribution in [2.75, 3.05) is 6.61 Å². The Morgan fingerprint density at radius 1 is 1.38 bits per heavy atom. The maximum Gasteiger partial charge on any atom is 0.197 e. The first-order valence-corrected chi connectivity index (χ1v) is 5.45. The summed E-state index contributed by atoms with van der Waals surface area (Å²) in [5.41, 5.74) is -0.936. The molecular formula is C13H18O3. The van der Waals surface area contributed by atoms with E-state index in [0.29, 0.717) is 17.9 Å². The molecule has 0 amide bonds. The number of hydrogen-bond donors (Lipinski definition) is 1. The van der Waals surface area contributed by atoms with Gasteiger partial charge in [0.2, 0.25) is 0 Å². The smallest absolute Gasteiger partial charge is 0.197 e. The van der Waals surface area contributed by atoms with Crippen molar-refractivity contribution >= 4 is 5.78 Å². The van der Waals surface area contributed by atoms with Crippen LogP contribution in [0.2, 0.25) is 0 Å². The van der Waals surface area contributed by atoms with E-state index < -0.39 is 5.60 Å². The molecule has 0 saturated heterocycles. The van der Waals surface area contributed by atoms with Gasteiger partial charge in [-0.3, -0.25) is 4.79 Å². The van der Waals surface area contributed by atoms with Gasteiger partial charge in [-0.1, -0.05) is 19.1 Å². The quantitative estimate of drug-likeness (QED) is 0.778. The molecule has 1 aromatic carbocycles. The van der Waals surface area contributed by atoms with Crippen LogP contribution >= 0.6 is 0 Å². The number of carbonyl (C=O) groups is 1. The van der Waals surface area contributed by atoms with Crippen molar-refractivity contribution in [3.63, 3.8) is 0 Å². The first-order chi connectivity index (χ1) is 7.46. The van der Waals surface area contributed by atoms with Crippen molar-refractivity contribution in [3.8, 4) is 5.75 Å². The SMILES string of the molecule is CCCOc1ccccc1C(=O)C(C)(C)O. The molecule has 1 rings (SSSR count). The number of ketones is 1. The van der Waals surface area contributed by atoms with Gasteiger partial charge in [0.1, 0.15) is 11.4 Å². The fourth-order valence-corrected chi connectivity index (χ4v) is 1.32. The number of rotatable bonds is 5. The molecule has 0 aliphatic carbocycles. The van der Waals surface area contributed by atoms with Gasteiger partial charge in [-0.25, -0.2) is 0 Å². The summed E-state index contributed by atoms with van der Waals surface area (Å²) in [6.07, 6.45) is 0.880. The highest BCUT2D eigenvalue weighted by molar-refractivity contribution is 6.03. The summed E-state index contributed by atoms with van der Waals surface area (Å²) >= 11 is 0. The van der Waals surface area contributed by atoms with Gasteiger partial charge >= 0.3 is 0 Å². The van der Waals surface area contributed by atoms with Crippen molar-refractivity contribution in [3.05, 3.63) is 29.8 Å². The van der Waals surface area contributed by atoms with E-state index >= 15 is 0 Å². The van der Waals surface area contributed by atoms with Crippen LogP contribution in [-0.4, -0.2) is 23.1 Å². The highest BCUT2D eigenvalue weighted by Gasteiger charge is 2.27. The van der Waals surface area contributed by atoms with E-state index in [1.54, 1.807) is 18.2 Å². The summed E-state index contributed by atoms with van der Waals surface area (Å²) in [6, 6.07) is 6.99. The first kappa shape index (κ1) is 12.7. The maximum atomic E-state index is 11.9. The average Bonchev–Trinajstić information content (AvgIpc) is 2.24. The average molecular weight is 222 g/mol. The fraction of sp³-hybridized carbons (Fsp3) is 0.462. The van der Waals surface area contributed by atoms with Gasteiger partial charge in [-0.2, -0.15) is 0 Å². The molecule has 0 radical (unpaired) electrons. The van der Waals surface area contributed by atoms with Gasteiger partial charge in [-0.15, -0.1) is 0 Å². The Kier molecular flexibility index (Phi) is 4.07. The van der Waals surface area contributed by atoms with Gasteiger partial charge in [-0.05, 0) is 32.4 Å². The van der Waals surface area contributed by atoms with Gasteiger partial charge < -0.3 is 9.84 Å². The highest BCUT2D eigenvalue weighted by Crippen LogP contribution is 2.23. The second-order valence-corrected chi connectivity index (χ2v) is 4.23. The lowest BCUT2D eigenvalue weighted by Crippen LogP contribution is -2.31. The molecule has 3 nitrogen and oxygen atoms in total. The minimum atomic E-state index is -1.37. The predicted molar refractivity (Wildman–Crippen MR) is 62.9 cm³/mol. The Morgan fingerprint density at radius 3 is 2.56 bits per heavy atom. The number of Topliss-reactive ketones (excluding diaryl/α,β-unsaturated/α-hetero) is 1. The van der Waals surface area contributed by atoms with E-state index in [1.165, 1.54) is 13.8 Å². The molecule has 0 atom stereocenters. The van der Waals surface area contributed by atoms with E-state index in [-0.39, 0.29) is 5.78 Å². The Bertz CT molecular complexity index is 364. The van der Waals surface area contributed by atoms with E-state index in [2.05, 4.69) is 0 Å². The zero-order valence-corrected chi connectivity index (χ0v) is 9.99. The number of hydrogen-bond acceptors (Lipinski definition) is 3. The number of para-hydroxylation sites is 1. The Labute approximate surface area is 96.1 Å². The van der Waals surface area contributed by atoms with Gasteiger partial charge in [0.25, 0.3) is 0 Å². The molecule has 0 aliphatic heterocycles. The van der Waals surface area contributed by atoms with Crippen molar-refractivity contribution in [1.82, 2.24) is 0 Å². The molecule has 0 aromatic heterocycles. The number of aliphatic hydroxyl groups is 1. The molecule has 3 heteroatoms. The van der Waals surface area contributed by atoms with Crippen LogP contribution in [0.5, 0.6) is 5.75 Å². The Hall–Kier alpha value is -1.35. The minimum Gasteiger partial charge on any atom is -0.493 e. The molecular weight excluding hydrogens is 204 g/mol. The summed E-state index contributed by atoms with van der Waals surface area (Å²) in [6.45, 7) is 5.52. The molecule has 0 aliphatic rings. The zero-order valence-electron chi connectivity index (χ0n) is 9.99. The number of carbonyl (C=O) groups excluding carboxylic acids is 1. The third kappa shape index (κ3) is 3.07. The number of benzene rings is 1. The predicted octanol–water partition coefficient (Wildman–Crippen LogP) is 2.43. The molecule has 1 aromatic rings. The third-order valence-corrected chi connectivity index (χ3v) is 2.15. The van der Waals surface area contributed by atoms with Crippen molar-refractivity contribution < 1.29 is 14.6 Å². The van der Waals surface area contributed by atoms with Gasteiger partial charge in [0.15, 0.2) is 5.78 Å². The summed E-state index contributed by atoms with van der Waals surface area (Å²) in [5, 5.41) is 9.68. The van der Waals surface area contributed by atoms with Crippen LogP contribution in [0.15, 0.2) is 24.3 Å². The van der Waals surface area contributed by atoms with Crippen LogP contribution in [0.1, 0.15) is 37.6 Å². The lowest BCUT2D eigenvalue weighted by molar-refractivity contribution is 0.0484. The summed E-state index contributed by atoms with van der Waals surface area (Å²) in [4.78, 5) is 11.9. The van der Waals surface area contributed by atoms with Crippen LogP contribution in [0, 0.1) is 0 Å². The van der Waals surface area contributed by atoms with Crippen molar-refractivity contribution in [2.45, 2.75) is 32.8 Å². The fourth-order valence-electron chi connectivity index (χ4n) is 1.32. The van der Waals surface area contributed by atoms with Gasteiger partial charge in [0, 0.05) is 0 Å². The summed E-state index contributed by atoms with van der Waals surface area (Å²) < 4.78 is 5.47. The Morgan fingerprint density at radius 2 is 2.00 bits per heavy atom. The lowest BCUT2D eigenvalue weighted by Gasteiger charge is -2.17. The zero-order chi connectivity index (χ0) is 12.2. The Balaban J connectivity index is 2.99. The largest absolute Gasteiger partial charge is 0.493 e. The molecule has 88 valence electrons. The van der Waals surface area contributed by atoms with Crippen molar-refractivity contribution in [1.29, 1.82) is 0 Å². The molecule has 0 bridgehead atoms. The van der Waals surface area contributed by atoms with Crippen LogP contribution in [0.4, 0.5) is 0 Å². The van der Waals surface area contributed by atoms with Crippen LogP contribution in [-0.2, 0) is 0 Å². The standard InChI is InChI=1S/C13H18O3/c1-4-9-16-11-8-6-5-7-10(11)12(14)13(2,3)15/h5-8,15H,4,9H2,1-3H3. The van der Waals surface area contributed by atoms with E-state index in [4.69, 9.17) is 4.74 Å². The van der Waals surface area contributed by atoms with Crippen LogP contribution in [0.25, 0.3) is 0 Å². The molecule has 0 unspecified atom stereocenters. The maximum absolute atomic E-state index is 11.9. The van der Waals surface area contributed by atoms with E-state index in [1.807, 2.05) is 13.0 Å². The molecule has 0 fully saturated rings. The van der Waals surface area contributed by atoms with E-state index in [9.17, 15) is 9.90 Å². The molecule has 1 N–H and O–H groups in total. The summed E-state index contributed by atoms with van der Waals surface area (Å²) in [5.74, 6) is 0.218.